The Bertz CT molecular complexity index is 870. The Morgan fingerprint density at radius 2 is 1.93 bits per heavy atom. The van der Waals surface area contributed by atoms with Gasteiger partial charge in [0.25, 0.3) is 5.91 Å². The first kappa shape index (κ1) is 18.5. The maximum atomic E-state index is 12.5. The van der Waals surface area contributed by atoms with Crippen LogP contribution in [0, 0.1) is 11.3 Å². The van der Waals surface area contributed by atoms with Gasteiger partial charge in [0.15, 0.2) is 12.7 Å². The largest absolute Gasteiger partial charge is 0.479 e. The number of carbonyl (C=O) groups excluding carboxylic acids is 2. The van der Waals surface area contributed by atoms with E-state index in [0.29, 0.717) is 17.9 Å². The van der Waals surface area contributed by atoms with Crippen molar-refractivity contribution in [1.82, 2.24) is 0 Å². The number of rotatable bonds is 5. The van der Waals surface area contributed by atoms with Gasteiger partial charge in [-0.15, -0.1) is 0 Å². The maximum absolute atomic E-state index is 12.5. The molecule has 138 valence electrons. The number of benzene rings is 2. The summed E-state index contributed by atoms with van der Waals surface area (Å²) in [7, 11) is 0. The predicted octanol–water partition coefficient (Wildman–Crippen LogP) is 2.85. The molecule has 1 atom stereocenters. The summed E-state index contributed by atoms with van der Waals surface area (Å²) in [4.78, 5) is 26.3. The number of anilines is 1. The zero-order valence-corrected chi connectivity index (χ0v) is 15.1. The standard InChI is InChI=1S/C21H20N2O4/c1-15(27-18-10-8-16(13-22)9-11-18)21(25)26-14-20(24)23-12-4-6-17-5-2-3-7-19(17)23/h2-3,5,7-11,15H,4,6,12,14H2,1H3. The van der Waals surface area contributed by atoms with Gasteiger partial charge in [-0.2, -0.15) is 5.26 Å². The summed E-state index contributed by atoms with van der Waals surface area (Å²) in [5.74, 6) is -0.409. The molecular weight excluding hydrogens is 344 g/mol. The van der Waals surface area contributed by atoms with E-state index in [9.17, 15) is 9.59 Å². The summed E-state index contributed by atoms with van der Waals surface area (Å²) in [6.07, 6.45) is 0.962. The van der Waals surface area contributed by atoms with Gasteiger partial charge in [-0.3, -0.25) is 4.79 Å². The minimum absolute atomic E-state index is 0.249. The van der Waals surface area contributed by atoms with E-state index in [0.717, 1.165) is 24.1 Å². The van der Waals surface area contributed by atoms with Crippen LogP contribution in [0.3, 0.4) is 0 Å². The summed E-state index contributed by atoms with van der Waals surface area (Å²) in [5, 5.41) is 8.79. The Morgan fingerprint density at radius 3 is 2.67 bits per heavy atom. The highest BCUT2D eigenvalue weighted by Gasteiger charge is 2.24. The number of hydrogen-bond acceptors (Lipinski definition) is 5. The Labute approximate surface area is 157 Å². The third-order valence-electron chi connectivity index (χ3n) is 4.38. The Kier molecular flexibility index (Phi) is 5.72. The van der Waals surface area contributed by atoms with Crippen LogP contribution in [0.4, 0.5) is 5.69 Å². The van der Waals surface area contributed by atoms with E-state index >= 15 is 0 Å². The lowest BCUT2D eigenvalue weighted by Gasteiger charge is -2.29. The number of nitriles is 1. The van der Waals surface area contributed by atoms with E-state index < -0.39 is 12.1 Å². The molecule has 1 aliphatic rings. The first-order valence-corrected chi connectivity index (χ1v) is 8.80. The molecule has 0 aliphatic carbocycles. The molecular formula is C21H20N2O4. The Balaban J connectivity index is 1.54. The minimum atomic E-state index is -0.862. The number of carbonyl (C=O) groups is 2. The van der Waals surface area contributed by atoms with Crippen LogP contribution < -0.4 is 9.64 Å². The molecule has 1 unspecified atom stereocenters. The number of fused-ring (bicyclic) bond motifs is 1. The third-order valence-corrected chi connectivity index (χ3v) is 4.38. The maximum Gasteiger partial charge on any atom is 0.347 e. The number of esters is 1. The van der Waals surface area contributed by atoms with Crippen LogP contribution in [-0.4, -0.2) is 31.1 Å². The fourth-order valence-electron chi connectivity index (χ4n) is 2.98. The normalized spacial score (nSPS) is 13.9. The summed E-state index contributed by atoms with van der Waals surface area (Å²) < 4.78 is 10.6. The fraction of sp³-hybridized carbons (Fsp3) is 0.286. The number of aryl methyl sites for hydroxylation is 1. The highest BCUT2D eigenvalue weighted by atomic mass is 16.6. The van der Waals surface area contributed by atoms with Gasteiger partial charge in [0.2, 0.25) is 0 Å². The van der Waals surface area contributed by atoms with E-state index in [2.05, 4.69) is 0 Å². The quantitative estimate of drug-likeness (QED) is 0.762. The zero-order valence-electron chi connectivity index (χ0n) is 15.1. The number of para-hydroxylation sites is 1. The van der Waals surface area contributed by atoms with Crippen molar-refractivity contribution in [2.45, 2.75) is 25.9 Å². The second kappa shape index (κ2) is 8.37. The monoisotopic (exact) mass is 364 g/mol. The first-order valence-electron chi connectivity index (χ1n) is 8.80. The highest BCUT2D eigenvalue weighted by molar-refractivity contribution is 5.96. The molecule has 1 aliphatic heterocycles. The summed E-state index contributed by atoms with van der Waals surface area (Å²) >= 11 is 0. The molecule has 0 bridgehead atoms. The van der Waals surface area contributed by atoms with Crippen LogP contribution in [0.15, 0.2) is 48.5 Å². The Morgan fingerprint density at radius 1 is 1.19 bits per heavy atom. The van der Waals surface area contributed by atoms with Gasteiger partial charge in [0.1, 0.15) is 5.75 Å². The third kappa shape index (κ3) is 4.45. The van der Waals surface area contributed by atoms with Crippen molar-refractivity contribution in [3.63, 3.8) is 0 Å². The number of nitrogens with zero attached hydrogens (tertiary/aromatic N) is 2. The molecule has 0 radical (unpaired) electrons. The molecule has 0 fully saturated rings. The molecule has 6 nitrogen and oxygen atoms in total. The fourth-order valence-corrected chi connectivity index (χ4v) is 2.98. The van der Waals surface area contributed by atoms with Crippen LogP contribution in [0.5, 0.6) is 5.75 Å². The second-order valence-electron chi connectivity index (χ2n) is 6.28. The van der Waals surface area contributed by atoms with Gasteiger partial charge in [-0.05, 0) is 55.7 Å². The lowest BCUT2D eigenvalue weighted by atomic mass is 10.0. The summed E-state index contributed by atoms with van der Waals surface area (Å²) in [5.41, 5.74) is 2.51. The number of hydrogen-bond donors (Lipinski definition) is 0. The van der Waals surface area contributed by atoms with Crippen LogP contribution in [0.25, 0.3) is 0 Å². The molecule has 0 saturated heterocycles. The number of amides is 1. The van der Waals surface area contributed by atoms with E-state index in [-0.39, 0.29) is 12.5 Å². The summed E-state index contributed by atoms with van der Waals surface area (Å²) in [6, 6.07) is 16.2. The molecule has 6 heteroatoms. The van der Waals surface area contributed by atoms with E-state index in [1.807, 2.05) is 30.3 Å². The van der Waals surface area contributed by atoms with Crippen LogP contribution in [0.2, 0.25) is 0 Å². The molecule has 27 heavy (non-hydrogen) atoms. The van der Waals surface area contributed by atoms with E-state index in [4.69, 9.17) is 14.7 Å². The smallest absolute Gasteiger partial charge is 0.347 e. The molecule has 0 N–H and O–H groups in total. The van der Waals surface area contributed by atoms with Gasteiger partial charge in [-0.25, -0.2) is 4.79 Å². The molecule has 0 spiro atoms. The van der Waals surface area contributed by atoms with Gasteiger partial charge < -0.3 is 14.4 Å². The molecule has 2 aromatic rings. The topological polar surface area (TPSA) is 79.6 Å². The molecule has 3 rings (SSSR count). The lowest BCUT2D eigenvalue weighted by molar-refractivity contribution is -0.154. The predicted molar refractivity (Wildman–Crippen MR) is 99.3 cm³/mol. The minimum Gasteiger partial charge on any atom is -0.479 e. The van der Waals surface area contributed by atoms with Gasteiger partial charge in [0.05, 0.1) is 11.6 Å². The molecule has 1 amide bonds. The van der Waals surface area contributed by atoms with E-state index in [1.54, 1.807) is 36.1 Å². The van der Waals surface area contributed by atoms with Crippen molar-refractivity contribution in [2.24, 2.45) is 0 Å². The van der Waals surface area contributed by atoms with Crippen molar-refractivity contribution >= 4 is 17.6 Å². The lowest BCUT2D eigenvalue weighted by Crippen LogP contribution is -2.39. The average Bonchev–Trinajstić information content (AvgIpc) is 2.71. The van der Waals surface area contributed by atoms with Crippen LogP contribution >= 0.6 is 0 Å². The van der Waals surface area contributed by atoms with Crippen molar-refractivity contribution in [3.05, 3.63) is 59.7 Å². The molecule has 0 saturated carbocycles. The first-order chi connectivity index (χ1) is 13.1. The van der Waals surface area contributed by atoms with Gasteiger partial charge >= 0.3 is 5.97 Å². The average molecular weight is 364 g/mol. The van der Waals surface area contributed by atoms with Crippen LogP contribution in [-0.2, 0) is 20.7 Å². The SMILES string of the molecule is CC(Oc1ccc(C#N)cc1)C(=O)OCC(=O)N1CCCc2ccccc21. The van der Waals surface area contributed by atoms with E-state index in [1.165, 1.54) is 0 Å². The molecule has 1 heterocycles. The summed E-state index contributed by atoms with van der Waals surface area (Å²) in [6.45, 7) is 1.85. The van der Waals surface area contributed by atoms with Crippen molar-refractivity contribution < 1.29 is 19.1 Å². The Hall–Kier alpha value is -3.33. The van der Waals surface area contributed by atoms with Gasteiger partial charge in [-0.1, -0.05) is 18.2 Å². The second-order valence-corrected chi connectivity index (χ2v) is 6.28. The van der Waals surface area contributed by atoms with Crippen LogP contribution in [0.1, 0.15) is 24.5 Å². The van der Waals surface area contributed by atoms with Crippen molar-refractivity contribution in [2.75, 3.05) is 18.1 Å². The zero-order chi connectivity index (χ0) is 19.2. The van der Waals surface area contributed by atoms with Crippen molar-refractivity contribution in [1.29, 1.82) is 5.26 Å². The van der Waals surface area contributed by atoms with Crippen molar-refractivity contribution in [3.8, 4) is 11.8 Å². The highest BCUT2D eigenvalue weighted by Crippen LogP contribution is 2.26. The molecule has 0 aromatic heterocycles. The van der Waals surface area contributed by atoms with Gasteiger partial charge in [0, 0.05) is 12.2 Å². The number of ether oxygens (including phenoxy) is 2. The molecule has 2 aromatic carbocycles.